The smallest absolute Gasteiger partial charge is 0.475 e. The van der Waals surface area contributed by atoms with Crippen molar-refractivity contribution in [2.24, 2.45) is 0 Å². The first-order valence-electron chi connectivity index (χ1n) is 8.97. The van der Waals surface area contributed by atoms with Gasteiger partial charge in [-0.3, -0.25) is 9.58 Å². The molecule has 2 N–H and O–H groups in total. The second-order valence-corrected chi connectivity index (χ2v) is 9.22. The number of halogens is 3. The number of aliphatic carboxylic acids is 1. The molecule has 0 spiro atoms. The number of carboxylic acids is 1. The molecule has 1 aliphatic heterocycles. The summed E-state index contributed by atoms with van der Waals surface area (Å²) < 4.78 is 60.3. The standard InChI is InChI=1S/C14H24N4O2S.C2HF3O2/c1-11(2)17-9-12-5-7-15-18(12)13(10-17)6-8-16-21(19,20)14-3-4-14;3-2(4,5)1(6)7/h5,7,11,13-14,16H,3-4,6,8-10H2,1-2H3;(H,6,7). The molecule has 160 valence electrons. The number of nitrogens with zero attached hydrogens (tertiary/aromatic N) is 3. The number of nitrogens with one attached hydrogen (secondary N) is 1. The molecule has 1 aromatic rings. The van der Waals surface area contributed by atoms with Gasteiger partial charge in [-0.1, -0.05) is 0 Å². The van der Waals surface area contributed by atoms with Crippen LogP contribution in [0.25, 0.3) is 0 Å². The van der Waals surface area contributed by atoms with Gasteiger partial charge in [0, 0.05) is 31.9 Å². The lowest BCUT2D eigenvalue weighted by Crippen LogP contribution is -2.42. The normalized spacial score (nSPS) is 20.4. The van der Waals surface area contributed by atoms with Crippen LogP contribution in [0.4, 0.5) is 13.2 Å². The van der Waals surface area contributed by atoms with Crippen LogP contribution in [0, 0.1) is 0 Å². The number of carboxylic acid groups (broad SMARTS) is 1. The molecule has 0 amide bonds. The summed E-state index contributed by atoms with van der Waals surface area (Å²) >= 11 is 0. The molecule has 1 atom stereocenters. The summed E-state index contributed by atoms with van der Waals surface area (Å²) in [5.41, 5.74) is 1.21. The van der Waals surface area contributed by atoms with Crippen molar-refractivity contribution in [3.8, 4) is 0 Å². The fraction of sp³-hybridized carbons (Fsp3) is 0.750. The van der Waals surface area contributed by atoms with Gasteiger partial charge in [-0.2, -0.15) is 18.3 Å². The highest BCUT2D eigenvalue weighted by Crippen LogP contribution is 2.28. The molecule has 0 radical (unpaired) electrons. The van der Waals surface area contributed by atoms with E-state index in [0.29, 0.717) is 12.6 Å². The van der Waals surface area contributed by atoms with Gasteiger partial charge >= 0.3 is 12.1 Å². The lowest BCUT2D eigenvalue weighted by atomic mass is 10.1. The summed E-state index contributed by atoms with van der Waals surface area (Å²) in [5, 5.41) is 11.4. The quantitative estimate of drug-likeness (QED) is 0.718. The average molecular weight is 426 g/mol. The molecule has 1 unspecified atom stereocenters. The maximum atomic E-state index is 11.9. The Hall–Kier alpha value is -1.66. The molecular weight excluding hydrogens is 401 g/mol. The van der Waals surface area contributed by atoms with Gasteiger partial charge in [-0.15, -0.1) is 0 Å². The number of hydrogen-bond acceptors (Lipinski definition) is 5. The van der Waals surface area contributed by atoms with Crippen molar-refractivity contribution < 1.29 is 31.5 Å². The zero-order valence-corrected chi connectivity index (χ0v) is 16.5. The second-order valence-electron chi connectivity index (χ2n) is 7.17. The van der Waals surface area contributed by atoms with Crippen LogP contribution in [0.3, 0.4) is 0 Å². The SMILES string of the molecule is CC(C)N1Cc2ccnn2C(CCNS(=O)(=O)C2CC2)C1.O=C(O)C(F)(F)F. The Morgan fingerprint density at radius 3 is 2.50 bits per heavy atom. The average Bonchev–Trinajstić information content (AvgIpc) is 3.33. The largest absolute Gasteiger partial charge is 0.490 e. The lowest BCUT2D eigenvalue weighted by Gasteiger charge is -2.36. The van der Waals surface area contributed by atoms with E-state index >= 15 is 0 Å². The third kappa shape index (κ3) is 6.17. The minimum absolute atomic E-state index is 0.142. The van der Waals surface area contributed by atoms with Crippen LogP contribution in [0.5, 0.6) is 0 Å². The molecule has 1 fully saturated rings. The van der Waals surface area contributed by atoms with Gasteiger partial charge in [0.15, 0.2) is 0 Å². The van der Waals surface area contributed by atoms with Gasteiger partial charge in [0.05, 0.1) is 17.0 Å². The number of hydrogen-bond donors (Lipinski definition) is 2. The molecule has 1 saturated carbocycles. The molecule has 12 heteroatoms. The van der Waals surface area contributed by atoms with Crippen LogP contribution in [0.15, 0.2) is 12.3 Å². The van der Waals surface area contributed by atoms with E-state index in [2.05, 4.69) is 39.3 Å². The maximum Gasteiger partial charge on any atom is 0.490 e. The third-order valence-corrected chi connectivity index (χ3v) is 6.58. The molecule has 2 heterocycles. The Morgan fingerprint density at radius 1 is 1.39 bits per heavy atom. The molecule has 2 aliphatic rings. The van der Waals surface area contributed by atoms with E-state index in [0.717, 1.165) is 32.4 Å². The minimum Gasteiger partial charge on any atom is -0.475 e. The van der Waals surface area contributed by atoms with Crippen molar-refractivity contribution in [3.63, 3.8) is 0 Å². The van der Waals surface area contributed by atoms with Crippen molar-refractivity contribution >= 4 is 16.0 Å². The van der Waals surface area contributed by atoms with Gasteiger partial charge < -0.3 is 5.11 Å². The third-order valence-electron chi connectivity index (χ3n) is 4.63. The van der Waals surface area contributed by atoms with Crippen LogP contribution in [0.2, 0.25) is 0 Å². The highest BCUT2D eigenvalue weighted by molar-refractivity contribution is 7.90. The fourth-order valence-electron chi connectivity index (χ4n) is 2.89. The molecule has 0 bridgehead atoms. The minimum atomic E-state index is -5.08. The van der Waals surface area contributed by atoms with Gasteiger partial charge in [0.2, 0.25) is 10.0 Å². The van der Waals surface area contributed by atoms with Crippen molar-refractivity contribution in [2.75, 3.05) is 13.1 Å². The molecule has 28 heavy (non-hydrogen) atoms. The summed E-state index contributed by atoms with van der Waals surface area (Å²) in [6.45, 7) is 6.73. The van der Waals surface area contributed by atoms with Gasteiger partial charge in [0.25, 0.3) is 0 Å². The van der Waals surface area contributed by atoms with Crippen LogP contribution in [-0.2, 0) is 21.4 Å². The maximum absolute atomic E-state index is 11.9. The van der Waals surface area contributed by atoms with E-state index < -0.39 is 22.2 Å². The molecule has 3 rings (SSSR count). The summed E-state index contributed by atoms with van der Waals surface area (Å²) in [6.07, 6.45) is -0.850. The van der Waals surface area contributed by atoms with Crippen LogP contribution in [0.1, 0.15) is 44.8 Å². The van der Waals surface area contributed by atoms with Gasteiger partial charge in [-0.25, -0.2) is 17.9 Å². The lowest BCUT2D eigenvalue weighted by molar-refractivity contribution is -0.192. The molecule has 8 nitrogen and oxygen atoms in total. The number of fused-ring (bicyclic) bond motifs is 1. The Labute approximate surface area is 161 Å². The zero-order valence-electron chi connectivity index (χ0n) is 15.7. The first-order chi connectivity index (χ1) is 12.9. The summed E-state index contributed by atoms with van der Waals surface area (Å²) in [4.78, 5) is 11.3. The van der Waals surface area contributed by atoms with E-state index in [1.807, 2.05) is 6.20 Å². The first-order valence-corrected chi connectivity index (χ1v) is 10.5. The van der Waals surface area contributed by atoms with Crippen molar-refractivity contribution in [2.45, 2.75) is 63.2 Å². The highest BCUT2D eigenvalue weighted by atomic mass is 32.2. The molecule has 1 aromatic heterocycles. The van der Waals surface area contributed by atoms with Gasteiger partial charge in [-0.05, 0) is 39.2 Å². The summed E-state index contributed by atoms with van der Waals surface area (Å²) in [7, 11) is -3.08. The molecule has 1 aliphatic carbocycles. The highest BCUT2D eigenvalue weighted by Gasteiger charge is 2.38. The van der Waals surface area contributed by atoms with E-state index in [-0.39, 0.29) is 11.3 Å². The van der Waals surface area contributed by atoms with E-state index in [9.17, 15) is 21.6 Å². The monoisotopic (exact) mass is 426 g/mol. The van der Waals surface area contributed by atoms with Crippen LogP contribution in [-0.4, -0.2) is 64.7 Å². The number of carbonyl (C=O) groups is 1. The number of sulfonamides is 1. The summed E-state index contributed by atoms with van der Waals surface area (Å²) in [5.74, 6) is -2.76. The zero-order chi connectivity index (χ0) is 21.1. The van der Waals surface area contributed by atoms with E-state index in [1.165, 1.54) is 5.69 Å². The Balaban J connectivity index is 0.000000345. The van der Waals surface area contributed by atoms with Crippen molar-refractivity contribution in [1.29, 1.82) is 0 Å². The van der Waals surface area contributed by atoms with Crippen LogP contribution >= 0.6 is 0 Å². The molecule has 0 aromatic carbocycles. The fourth-order valence-corrected chi connectivity index (χ4v) is 4.28. The molecular formula is C16H25F3N4O4S. The Morgan fingerprint density at radius 2 is 2.00 bits per heavy atom. The Kier molecular flexibility index (Phi) is 7.10. The topological polar surface area (TPSA) is 105 Å². The molecule has 0 saturated heterocycles. The summed E-state index contributed by atoms with van der Waals surface area (Å²) in [6, 6.07) is 2.78. The first kappa shape index (κ1) is 22.6. The Bertz CT molecular complexity index is 775. The van der Waals surface area contributed by atoms with E-state index in [1.54, 1.807) is 0 Å². The predicted molar refractivity (Wildman–Crippen MR) is 95.1 cm³/mol. The second kappa shape index (κ2) is 8.78. The van der Waals surface area contributed by atoms with E-state index in [4.69, 9.17) is 9.90 Å². The number of rotatable bonds is 6. The van der Waals surface area contributed by atoms with Gasteiger partial charge in [0.1, 0.15) is 0 Å². The number of aromatic nitrogens is 2. The van der Waals surface area contributed by atoms with Crippen LogP contribution < -0.4 is 4.72 Å². The predicted octanol–water partition coefficient (Wildman–Crippen LogP) is 1.75. The van der Waals surface area contributed by atoms with Crippen molar-refractivity contribution in [1.82, 2.24) is 19.4 Å². The number of alkyl halides is 3. The van der Waals surface area contributed by atoms with Crippen molar-refractivity contribution in [3.05, 3.63) is 18.0 Å².